The van der Waals surface area contributed by atoms with Crippen LogP contribution in [0.1, 0.15) is 32.7 Å². The molecule has 6 nitrogen and oxygen atoms in total. The van der Waals surface area contributed by atoms with Crippen LogP contribution >= 0.6 is 0 Å². The number of pyridine rings is 1. The Morgan fingerprint density at radius 2 is 1.88 bits per heavy atom. The maximum atomic E-state index is 14.3. The van der Waals surface area contributed by atoms with Gasteiger partial charge in [0.1, 0.15) is 5.56 Å². The largest absolute Gasteiger partial charge is 0.435 e. The average Bonchev–Trinajstić information content (AvgIpc) is 3.35. The van der Waals surface area contributed by atoms with E-state index in [-0.39, 0.29) is 17.5 Å². The quantitative estimate of drug-likeness (QED) is 0.450. The fourth-order valence-electron chi connectivity index (χ4n) is 3.83. The molecule has 0 bridgehead atoms. The van der Waals surface area contributed by atoms with E-state index in [2.05, 4.69) is 9.97 Å². The molecule has 0 saturated heterocycles. The molecule has 32 heavy (non-hydrogen) atoms. The number of amides is 1. The van der Waals surface area contributed by atoms with Crippen molar-refractivity contribution in [2.45, 2.75) is 26.9 Å². The van der Waals surface area contributed by atoms with Crippen LogP contribution in [0.4, 0.5) is 4.39 Å². The maximum absolute atomic E-state index is 14.3. The van der Waals surface area contributed by atoms with Crippen LogP contribution in [0.15, 0.2) is 67.3 Å². The molecule has 160 valence electrons. The van der Waals surface area contributed by atoms with Gasteiger partial charge in [-0.1, -0.05) is 18.2 Å². The predicted molar refractivity (Wildman–Crippen MR) is 117 cm³/mol. The molecule has 1 aliphatic rings. The van der Waals surface area contributed by atoms with Crippen LogP contribution in [0.25, 0.3) is 5.69 Å². The van der Waals surface area contributed by atoms with E-state index in [1.807, 2.05) is 42.0 Å². The van der Waals surface area contributed by atoms with Crippen LogP contribution in [0.5, 0.6) is 11.6 Å². The van der Waals surface area contributed by atoms with Gasteiger partial charge in [0.05, 0.1) is 12.0 Å². The van der Waals surface area contributed by atoms with Crippen LogP contribution in [0.3, 0.4) is 0 Å². The summed E-state index contributed by atoms with van der Waals surface area (Å²) in [6, 6.07) is 14.5. The molecule has 2 aromatic heterocycles. The lowest BCUT2D eigenvalue weighted by atomic mass is 10.2. The third-order valence-electron chi connectivity index (χ3n) is 5.48. The monoisotopic (exact) mass is 428 g/mol. The number of halogens is 1. The standard InChI is InChI=1S/C25H21FN4O2/c1-16-3-8-22(21(26)11-16)32-24-23-19(9-10-27-24)14-29(25(23)31)13-18-4-6-20(7-5-18)30-12-17(2)28-15-30/h3-12,15H,13-14H2,1-2H3. The van der Waals surface area contributed by atoms with Crippen molar-refractivity contribution in [2.24, 2.45) is 0 Å². The second kappa shape index (κ2) is 7.92. The van der Waals surface area contributed by atoms with Crippen LogP contribution < -0.4 is 4.74 Å². The van der Waals surface area contributed by atoms with E-state index in [0.29, 0.717) is 18.7 Å². The number of carbonyl (C=O) groups excluding carboxylic acids is 1. The molecule has 0 N–H and O–H groups in total. The molecular formula is C25H21FN4O2. The first-order valence-electron chi connectivity index (χ1n) is 10.3. The number of carbonyl (C=O) groups is 1. The highest BCUT2D eigenvalue weighted by atomic mass is 19.1. The van der Waals surface area contributed by atoms with Gasteiger partial charge in [0, 0.05) is 31.2 Å². The van der Waals surface area contributed by atoms with E-state index in [1.54, 1.807) is 42.5 Å². The zero-order valence-corrected chi connectivity index (χ0v) is 17.7. The molecule has 0 radical (unpaired) electrons. The van der Waals surface area contributed by atoms with Crippen molar-refractivity contribution in [2.75, 3.05) is 0 Å². The second-order valence-corrected chi connectivity index (χ2v) is 7.94. The van der Waals surface area contributed by atoms with Gasteiger partial charge in [0.25, 0.3) is 5.91 Å². The van der Waals surface area contributed by atoms with Gasteiger partial charge < -0.3 is 14.2 Å². The van der Waals surface area contributed by atoms with Gasteiger partial charge in [-0.3, -0.25) is 4.79 Å². The number of nitrogens with zero attached hydrogens (tertiary/aromatic N) is 4. The minimum absolute atomic E-state index is 0.0491. The van der Waals surface area contributed by atoms with Gasteiger partial charge >= 0.3 is 0 Å². The van der Waals surface area contributed by atoms with E-state index < -0.39 is 5.82 Å². The van der Waals surface area contributed by atoms with Crippen molar-refractivity contribution < 1.29 is 13.9 Å². The molecule has 2 aromatic carbocycles. The Balaban J connectivity index is 1.35. The van der Waals surface area contributed by atoms with E-state index >= 15 is 0 Å². The number of hydrogen-bond acceptors (Lipinski definition) is 4. The SMILES string of the molecule is Cc1ccc(Oc2nccc3c2C(=O)N(Cc2ccc(-n4cnc(C)c4)cc2)C3)c(F)c1. The molecule has 0 aliphatic carbocycles. The third-order valence-corrected chi connectivity index (χ3v) is 5.48. The van der Waals surface area contributed by atoms with E-state index in [4.69, 9.17) is 4.74 Å². The Labute approximate surface area is 184 Å². The fourth-order valence-corrected chi connectivity index (χ4v) is 3.83. The summed E-state index contributed by atoms with van der Waals surface area (Å²) in [4.78, 5) is 23.3. The average molecular weight is 428 g/mol. The fraction of sp³-hybridized carbons (Fsp3) is 0.160. The Morgan fingerprint density at radius 3 is 2.59 bits per heavy atom. The zero-order valence-electron chi connectivity index (χ0n) is 17.7. The first-order chi connectivity index (χ1) is 15.5. The van der Waals surface area contributed by atoms with Crippen molar-refractivity contribution in [3.8, 4) is 17.3 Å². The number of benzene rings is 2. The van der Waals surface area contributed by atoms with Crippen molar-refractivity contribution in [1.29, 1.82) is 0 Å². The van der Waals surface area contributed by atoms with Crippen LogP contribution in [-0.4, -0.2) is 25.3 Å². The zero-order chi connectivity index (χ0) is 22.2. The molecule has 0 fully saturated rings. The third kappa shape index (κ3) is 3.73. The normalized spacial score (nSPS) is 12.8. The van der Waals surface area contributed by atoms with Gasteiger partial charge in [0.15, 0.2) is 11.6 Å². The van der Waals surface area contributed by atoms with Gasteiger partial charge in [-0.25, -0.2) is 14.4 Å². The lowest BCUT2D eigenvalue weighted by Crippen LogP contribution is -2.23. The number of ether oxygens (including phenoxy) is 1. The van der Waals surface area contributed by atoms with Crippen LogP contribution in [0, 0.1) is 19.7 Å². The summed E-state index contributed by atoms with van der Waals surface area (Å²) < 4.78 is 21.9. The molecule has 3 heterocycles. The van der Waals surface area contributed by atoms with E-state index in [0.717, 1.165) is 28.1 Å². The molecule has 0 saturated carbocycles. The number of rotatable bonds is 5. The minimum Gasteiger partial charge on any atom is -0.435 e. The number of fused-ring (bicyclic) bond motifs is 1. The molecule has 0 unspecified atom stereocenters. The maximum Gasteiger partial charge on any atom is 0.260 e. The van der Waals surface area contributed by atoms with Gasteiger partial charge in [-0.05, 0) is 60.9 Å². The highest BCUT2D eigenvalue weighted by molar-refractivity contribution is 6.00. The van der Waals surface area contributed by atoms with Gasteiger partial charge in [0.2, 0.25) is 5.88 Å². The first kappa shape index (κ1) is 19.9. The van der Waals surface area contributed by atoms with Crippen molar-refractivity contribution in [3.63, 3.8) is 0 Å². The topological polar surface area (TPSA) is 60.2 Å². The molecule has 0 atom stereocenters. The summed E-state index contributed by atoms with van der Waals surface area (Å²) in [6.45, 7) is 4.65. The van der Waals surface area contributed by atoms with E-state index in [1.165, 1.54) is 6.07 Å². The molecule has 1 amide bonds. The predicted octanol–water partition coefficient (Wildman–Crippen LogP) is 4.97. The number of aryl methyl sites for hydroxylation is 2. The first-order valence-corrected chi connectivity index (χ1v) is 10.3. The Bertz CT molecular complexity index is 1310. The van der Waals surface area contributed by atoms with Crippen molar-refractivity contribution >= 4 is 5.91 Å². The van der Waals surface area contributed by atoms with Crippen molar-refractivity contribution in [1.82, 2.24) is 19.4 Å². The molecule has 5 rings (SSSR count). The second-order valence-electron chi connectivity index (χ2n) is 7.94. The van der Waals surface area contributed by atoms with Gasteiger partial charge in [-0.2, -0.15) is 0 Å². The summed E-state index contributed by atoms with van der Waals surface area (Å²) in [5, 5.41) is 0. The lowest BCUT2D eigenvalue weighted by molar-refractivity contribution is 0.0764. The Hall–Kier alpha value is -4.00. The summed E-state index contributed by atoms with van der Waals surface area (Å²) in [5.74, 6) is -0.485. The number of imidazole rings is 1. The summed E-state index contributed by atoms with van der Waals surface area (Å²) in [5.41, 5.74) is 4.96. The van der Waals surface area contributed by atoms with E-state index in [9.17, 15) is 9.18 Å². The highest BCUT2D eigenvalue weighted by Crippen LogP contribution is 2.33. The Kier molecular flexibility index (Phi) is 4.93. The molecule has 4 aromatic rings. The number of hydrogen-bond donors (Lipinski definition) is 0. The molecule has 1 aliphatic heterocycles. The molecule has 0 spiro atoms. The van der Waals surface area contributed by atoms with Crippen LogP contribution in [0.2, 0.25) is 0 Å². The summed E-state index contributed by atoms with van der Waals surface area (Å²) in [6.07, 6.45) is 5.32. The lowest BCUT2D eigenvalue weighted by Gasteiger charge is -2.16. The highest BCUT2D eigenvalue weighted by Gasteiger charge is 2.32. The number of aromatic nitrogens is 3. The summed E-state index contributed by atoms with van der Waals surface area (Å²) in [7, 11) is 0. The molecular weight excluding hydrogens is 407 g/mol. The van der Waals surface area contributed by atoms with Crippen LogP contribution in [-0.2, 0) is 13.1 Å². The smallest absolute Gasteiger partial charge is 0.260 e. The molecule has 7 heteroatoms. The summed E-state index contributed by atoms with van der Waals surface area (Å²) >= 11 is 0. The van der Waals surface area contributed by atoms with Crippen molar-refractivity contribution in [3.05, 3.63) is 101 Å². The minimum atomic E-state index is -0.486. The van der Waals surface area contributed by atoms with Gasteiger partial charge in [-0.15, -0.1) is 0 Å². The Morgan fingerprint density at radius 1 is 1.06 bits per heavy atom.